The van der Waals surface area contributed by atoms with Crippen LogP contribution >= 0.6 is 15.9 Å². The number of alkyl halides is 1. The molecule has 0 aliphatic heterocycles. The van der Waals surface area contributed by atoms with Crippen molar-refractivity contribution in [3.8, 4) is 6.07 Å². The van der Waals surface area contributed by atoms with Crippen molar-refractivity contribution in [2.45, 2.75) is 5.01 Å². The molecule has 1 unspecified atom stereocenters. The summed E-state index contributed by atoms with van der Waals surface area (Å²) in [5.41, 5.74) is 1.25. The summed E-state index contributed by atoms with van der Waals surface area (Å²) in [5.74, 6) is 0. The molecule has 1 atom stereocenters. The summed E-state index contributed by atoms with van der Waals surface area (Å²) in [6, 6.07) is 8.81. The Balaban J connectivity index is 3.03. The predicted octanol–water partition coefficient (Wildman–Crippen LogP) is 1.94. The van der Waals surface area contributed by atoms with Crippen molar-refractivity contribution in [2.75, 3.05) is 0 Å². The van der Waals surface area contributed by atoms with Gasteiger partial charge in [-0.15, -0.1) is 0 Å². The normalized spacial score (nSPS) is 12.1. The highest BCUT2D eigenvalue weighted by molar-refractivity contribution is 9.09. The fourth-order valence-electron chi connectivity index (χ4n) is 0.756. The highest BCUT2D eigenvalue weighted by Crippen LogP contribution is 2.19. The first kappa shape index (κ1) is 8.25. The number of halogens is 1. The summed E-state index contributed by atoms with van der Waals surface area (Å²) in [5, 5.41) is 16.9. The fraction of sp³-hybridized carbons (Fsp3) is 0.125. The molecule has 0 spiro atoms. The molecule has 1 aromatic carbocycles. The van der Waals surface area contributed by atoms with Crippen LogP contribution < -0.4 is 0 Å². The van der Waals surface area contributed by atoms with Gasteiger partial charge in [0.2, 0.25) is 0 Å². The lowest BCUT2D eigenvalue weighted by molar-refractivity contribution is 0.277. The lowest BCUT2D eigenvalue weighted by atomic mass is 10.1. The third kappa shape index (κ3) is 2.04. The molecule has 0 fully saturated rings. The van der Waals surface area contributed by atoms with Crippen LogP contribution in [0.1, 0.15) is 16.1 Å². The van der Waals surface area contributed by atoms with Gasteiger partial charge in [0, 0.05) is 0 Å². The highest BCUT2D eigenvalue weighted by Gasteiger charge is 2.01. The zero-order valence-electron chi connectivity index (χ0n) is 5.66. The first-order chi connectivity index (χ1) is 5.24. The van der Waals surface area contributed by atoms with E-state index >= 15 is 0 Å². The molecule has 3 heteroatoms. The molecule has 2 nitrogen and oxygen atoms in total. The molecule has 0 bridgehead atoms. The van der Waals surface area contributed by atoms with Gasteiger partial charge in [0.15, 0.2) is 0 Å². The van der Waals surface area contributed by atoms with E-state index in [0.717, 1.165) is 0 Å². The molecule has 0 saturated heterocycles. The number of aliphatic hydroxyl groups is 1. The largest absolute Gasteiger partial charge is 0.377 e. The van der Waals surface area contributed by atoms with Crippen LogP contribution in [0.25, 0.3) is 0 Å². The summed E-state index contributed by atoms with van der Waals surface area (Å²) < 4.78 is 0. The topological polar surface area (TPSA) is 44.0 Å². The molecule has 56 valence electrons. The molecule has 1 rings (SSSR count). The Labute approximate surface area is 73.2 Å². The summed E-state index contributed by atoms with van der Waals surface area (Å²) in [6.45, 7) is 0. The van der Waals surface area contributed by atoms with Gasteiger partial charge in [-0.1, -0.05) is 28.1 Å². The van der Waals surface area contributed by atoms with Crippen molar-refractivity contribution < 1.29 is 5.11 Å². The monoisotopic (exact) mass is 211 g/mol. The van der Waals surface area contributed by atoms with E-state index in [4.69, 9.17) is 10.4 Å². The van der Waals surface area contributed by atoms with Gasteiger partial charge < -0.3 is 5.11 Å². The second-order valence-electron chi connectivity index (χ2n) is 2.07. The standard InChI is InChI=1S/C8H6BrNO/c9-8(11)7-3-1-2-6(4-7)5-10/h1-4,8,11H. The third-order valence-electron chi connectivity index (χ3n) is 1.29. The summed E-state index contributed by atoms with van der Waals surface area (Å²) in [4.78, 5) is 0. The Morgan fingerprint density at radius 3 is 2.82 bits per heavy atom. The van der Waals surface area contributed by atoms with Gasteiger partial charge in [0.1, 0.15) is 5.01 Å². The van der Waals surface area contributed by atoms with Crippen LogP contribution in [0.5, 0.6) is 0 Å². The zero-order valence-corrected chi connectivity index (χ0v) is 7.25. The number of hydrogen-bond acceptors (Lipinski definition) is 2. The minimum Gasteiger partial charge on any atom is -0.377 e. The van der Waals surface area contributed by atoms with E-state index < -0.39 is 5.01 Å². The fourth-order valence-corrected chi connectivity index (χ4v) is 1.04. The highest BCUT2D eigenvalue weighted by atomic mass is 79.9. The van der Waals surface area contributed by atoms with Crippen molar-refractivity contribution in [1.29, 1.82) is 5.26 Å². The van der Waals surface area contributed by atoms with Crippen molar-refractivity contribution >= 4 is 15.9 Å². The van der Waals surface area contributed by atoms with Crippen LogP contribution in [0.15, 0.2) is 24.3 Å². The van der Waals surface area contributed by atoms with Crippen LogP contribution in [0.3, 0.4) is 0 Å². The Morgan fingerprint density at radius 2 is 2.27 bits per heavy atom. The molecule has 11 heavy (non-hydrogen) atoms. The number of rotatable bonds is 1. The quantitative estimate of drug-likeness (QED) is 0.723. The van der Waals surface area contributed by atoms with E-state index in [1.807, 2.05) is 6.07 Å². The summed E-state index contributed by atoms with van der Waals surface area (Å²) in [6.07, 6.45) is 0. The predicted molar refractivity (Wildman–Crippen MR) is 45.0 cm³/mol. The molecule has 0 amide bonds. The van der Waals surface area contributed by atoms with E-state index in [0.29, 0.717) is 11.1 Å². The van der Waals surface area contributed by atoms with Crippen LogP contribution in [-0.4, -0.2) is 5.11 Å². The van der Waals surface area contributed by atoms with Crippen LogP contribution in [0.4, 0.5) is 0 Å². The maximum absolute atomic E-state index is 9.05. The Hall–Kier alpha value is -0.850. The molecule has 0 aliphatic rings. The lowest BCUT2D eigenvalue weighted by Crippen LogP contribution is -1.87. The number of nitriles is 1. The van der Waals surface area contributed by atoms with Crippen LogP contribution in [0, 0.1) is 11.3 Å². The smallest absolute Gasteiger partial charge is 0.134 e. The van der Waals surface area contributed by atoms with E-state index in [9.17, 15) is 0 Å². The summed E-state index contributed by atoms with van der Waals surface area (Å²) >= 11 is 2.99. The van der Waals surface area contributed by atoms with Crippen molar-refractivity contribution in [2.24, 2.45) is 0 Å². The van der Waals surface area contributed by atoms with Crippen molar-refractivity contribution in [3.63, 3.8) is 0 Å². The van der Waals surface area contributed by atoms with Gasteiger partial charge in [-0.3, -0.25) is 0 Å². The maximum Gasteiger partial charge on any atom is 0.134 e. The first-order valence-electron chi connectivity index (χ1n) is 3.06. The Morgan fingerprint density at radius 1 is 1.55 bits per heavy atom. The van der Waals surface area contributed by atoms with Gasteiger partial charge in [-0.05, 0) is 17.7 Å². The van der Waals surface area contributed by atoms with Crippen molar-refractivity contribution in [1.82, 2.24) is 0 Å². The van der Waals surface area contributed by atoms with Gasteiger partial charge in [-0.25, -0.2) is 0 Å². The van der Waals surface area contributed by atoms with E-state index in [-0.39, 0.29) is 0 Å². The zero-order chi connectivity index (χ0) is 8.27. The average Bonchev–Trinajstić information content (AvgIpc) is 2.05. The van der Waals surface area contributed by atoms with Crippen molar-refractivity contribution in [3.05, 3.63) is 35.4 Å². The first-order valence-corrected chi connectivity index (χ1v) is 3.98. The lowest BCUT2D eigenvalue weighted by Gasteiger charge is -2.01. The minimum atomic E-state index is -0.684. The third-order valence-corrected chi connectivity index (χ3v) is 1.82. The van der Waals surface area contributed by atoms with E-state index in [1.54, 1.807) is 24.3 Å². The number of nitrogens with zero attached hydrogens (tertiary/aromatic N) is 1. The molecular formula is C8H6BrNO. The van der Waals surface area contributed by atoms with Gasteiger partial charge in [0.25, 0.3) is 0 Å². The number of aliphatic hydroxyl groups excluding tert-OH is 1. The maximum atomic E-state index is 9.05. The van der Waals surface area contributed by atoms with E-state index in [1.165, 1.54) is 0 Å². The second kappa shape index (κ2) is 3.51. The molecule has 0 aliphatic carbocycles. The molecule has 0 aromatic heterocycles. The van der Waals surface area contributed by atoms with Crippen LogP contribution in [0.2, 0.25) is 0 Å². The molecular weight excluding hydrogens is 206 g/mol. The molecule has 1 N–H and O–H groups in total. The van der Waals surface area contributed by atoms with Gasteiger partial charge in [0.05, 0.1) is 11.6 Å². The molecule has 0 heterocycles. The summed E-state index contributed by atoms with van der Waals surface area (Å²) in [7, 11) is 0. The second-order valence-corrected chi connectivity index (χ2v) is 2.94. The van der Waals surface area contributed by atoms with E-state index in [2.05, 4.69) is 15.9 Å². The molecule has 1 aromatic rings. The van der Waals surface area contributed by atoms with Crippen LogP contribution in [-0.2, 0) is 0 Å². The van der Waals surface area contributed by atoms with Gasteiger partial charge in [-0.2, -0.15) is 5.26 Å². The Bertz CT molecular complexity index is 290. The average molecular weight is 212 g/mol. The molecule has 0 radical (unpaired) electrons. The SMILES string of the molecule is N#Cc1cccc(C(O)Br)c1. The number of benzene rings is 1. The van der Waals surface area contributed by atoms with Gasteiger partial charge >= 0.3 is 0 Å². The number of hydrogen-bond donors (Lipinski definition) is 1. The molecule has 0 saturated carbocycles. The Kier molecular flexibility index (Phi) is 2.64. The minimum absolute atomic E-state index is 0.556.